The quantitative estimate of drug-likeness (QED) is 0.415. The fourth-order valence-electron chi connectivity index (χ4n) is 2.97. The Bertz CT molecular complexity index is 993. The van der Waals surface area contributed by atoms with Crippen LogP contribution < -0.4 is 10.9 Å². The van der Waals surface area contributed by atoms with E-state index in [-0.39, 0.29) is 5.75 Å². The molecule has 7 nitrogen and oxygen atoms in total. The minimum absolute atomic E-state index is 0.0804. The molecule has 27 heavy (non-hydrogen) atoms. The first-order valence-electron chi connectivity index (χ1n) is 8.73. The summed E-state index contributed by atoms with van der Waals surface area (Å²) in [7, 11) is 1.79. The van der Waals surface area contributed by atoms with Crippen LogP contribution in [0.25, 0.3) is 21.7 Å². The molecule has 0 atom stereocenters. The van der Waals surface area contributed by atoms with Gasteiger partial charge in [-0.2, -0.15) is 0 Å². The Kier molecular flexibility index (Phi) is 6.05. The Balaban J connectivity index is 0.000000197. The minimum atomic E-state index is -0.403. The van der Waals surface area contributed by atoms with Gasteiger partial charge >= 0.3 is 5.63 Å². The number of rotatable bonds is 3. The normalized spacial score (nSPS) is 14.6. The van der Waals surface area contributed by atoms with Crippen LogP contribution in [0.4, 0.5) is 5.69 Å². The number of hydrogen-bond donors (Lipinski definition) is 2. The number of phenols is 1. The van der Waals surface area contributed by atoms with E-state index in [1.165, 1.54) is 6.07 Å². The molecule has 1 aliphatic heterocycles. The lowest BCUT2D eigenvalue weighted by atomic mass is 10.1. The number of carbonyl (C=O) groups excluding carboxylic acids is 1. The van der Waals surface area contributed by atoms with E-state index >= 15 is 0 Å². The number of ether oxygens (including phenoxy) is 1. The SMILES string of the molecule is CNc1ccc2c(c1)c(=O)oc1cc(O)ccc12.O=CCN1CCOCC1. The summed E-state index contributed by atoms with van der Waals surface area (Å²) in [6.45, 7) is 3.91. The maximum atomic E-state index is 11.9. The van der Waals surface area contributed by atoms with Crippen LogP contribution in [0, 0.1) is 0 Å². The Labute approximate surface area is 156 Å². The molecule has 0 unspecified atom stereocenters. The van der Waals surface area contributed by atoms with Crippen molar-refractivity contribution in [1.82, 2.24) is 4.90 Å². The fourth-order valence-corrected chi connectivity index (χ4v) is 2.97. The Morgan fingerprint density at radius 1 is 1.11 bits per heavy atom. The van der Waals surface area contributed by atoms with Gasteiger partial charge < -0.3 is 24.4 Å². The summed E-state index contributed by atoms with van der Waals surface area (Å²) >= 11 is 0. The van der Waals surface area contributed by atoms with Gasteiger partial charge in [0.2, 0.25) is 0 Å². The molecule has 0 amide bonds. The zero-order valence-corrected chi connectivity index (χ0v) is 15.1. The molecule has 2 N–H and O–H groups in total. The molecule has 2 aromatic carbocycles. The molecule has 1 aliphatic rings. The first-order valence-corrected chi connectivity index (χ1v) is 8.73. The molecule has 0 saturated carbocycles. The zero-order chi connectivity index (χ0) is 19.2. The topological polar surface area (TPSA) is 92.0 Å². The first-order chi connectivity index (χ1) is 13.1. The van der Waals surface area contributed by atoms with Gasteiger partial charge in [0.15, 0.2) is 0 Å². The van der Waals surface area contributed by atoms with Crippen LogP contribution in [0.15, 0.2) is 45.6 Å². The van der Waals surface area contributed by atoms with Crippen molar-refractivity contribution in [3.63, 3.8) is 0 Å². The van der Waals surface area contributed by atoms with E-state index in [0.29, 0.717) is 17.5 Å². The number of nitrogens with zero attached hydrogens (tertiary/aromatic N) is 1. The summed E-state index contributed by atoms with van der Waals surface area (Å²) in [6.07, 6.45) is 0.936. The fraction of sp³-hybridized carbons (Fsp3) is 0.300. The monoisotopic (exact) mass is 370 g/mol. The smallest absolute Gasteiger partial charge is 0.344 e. The lowest BCUT2D eigenvalue weighted by Crippen LogP contribution is -2.37. The maximum absolute atomic E-state index is 11.9. The van der Waals surface area contributed by atoms with Crippen LogP contribution in [0.1, 0.15) is 0 Å². The van der Waals surface area contributed by atoms with Gasteiger partial charge in [-0.15, -0.1) is 0 Å². The molecule has 1 aromatic heterocycles. The van der Waals surface area contributed by atoms with Crippen molar-refractivity contribution in [3.05, 3.63) is 46.8 Å². The van der Waals surface area contributed by atoms with Gasteiger partial charge in [-0.3, -0.25) is 4.90 Å². The number of hydrogen-bond acceptors (Lipinski definition) is 7. The number of fused-ring (bicyclic) bond motifs is 3. The highest BCUT2D eigenvalue weighted by molar-refractivity contribution is 6.05. The predicted molar refractivity (Wildman–Crippen MR) is 105 cm³/mol. The summed E-state index contributed by atoms with van der Waals surface area (Å²) in [5.74, 6) is 0.0804. The second-order valence-corrected chi connectivity index (χ2v) is 6.16. The van der Waals surface area contributed by atoms with Crippen LogP contribution in [0.2, 0.25) is 0 Å². The Hall–Kier alpha value is -2.90. The first kappa shape index (κ1) is 18.9. The number of anilines is 1. The van der Waals surface area contributed by atoms with E-state index in [2.05, 4.69) is 10.2 Å². The number of carbonyl (C=O) groups is 1. The van der Waals surface area contributed by atoms with Gasteiger partial charge in [0.1, 0.15) is 17.6 Å². The van der Waals surface area contributed by atoms with E-state index in [9.17, 15) is 14.7 Å². The zero-order valence-electron chi connectivity index (χ0n) is 15.1. The van der Waals surface area contributed by atoms with E-state index in [1.807, 2.05) is 12.1 Å². The summed E-state index contributed by atoms with van der Waals surface area (Å²) in [4.78, 5) is 24.0. The number of morpholine rings is 1. The number of nitrogens with one attached hydrogen (secondary N) is 1. The predicted octanol–water partition coefficient (Wildman–Crippen LogP) is 2.21. The van der Waals surface area contributed by atoms with Gasteiger partial charge in [-0.1, -0.05) is 6.07 Å². The number of benzene rings is 2. The van der Waals surface area contributed by atoms with Crippen LogP contribution in [0.5, 0.6) is 5.75 Å². The highest BCUT2D eigenvalue weighted by atomic mass is 16.5. The lowest BCUT2D eigenvalue weighted by Gasteiger charge is -2.23. The van der Waals surface area contributed by atoms with Crippen LogP contribution in [-0.2, 0) is 9.53 Å². The molecule has 0 radical (unpaired) electrons. The van der Waals surface area contributed by atoms with Crippen molar-refractivity contribution in [2.75, 3.05) is 45.2 Å². The minimum Gasteiger partial charge on any atom is -0.508 e. The third-order valence-corrected chi connectivity index (χ3v) is 4.42. The Morgan fingerprint density at radius 3 is 2.56 bits per heavy atom. The van der Waals surface area contributed by atoms with Gasteiger partial charge in [0.05, 0.1) is 25.1 Å². The molecule has 3 aromatic rings. The van der Waals surface area contributed by atoms with Gasteiger partial charge in [-0.05, 0) is 24.3 Å². The second kappa shape index (κ2) is 8.66. The number of phenolic OH excluding ortho intramolecular Hbond substituents is 1. The highest BCUT2D eigenvalue weighted by Gasteiger charge is 2.09. The molecule has 1 fully saturated rings. The number of aromatic hydroxyl groups is 1. The van der Waals surface area contributed by atoms with E-state index < -0.39 is 5.63 Å². The van der Waals surface area contributed by atoms with Crippen molar-refractivity contribution in [2.45, 2.75) is 0 Å². The van der Waals surface area contributed by atoms with E-state index in [1.54, 1.807) is 25.2 Å². The molecule has 0 spiro atoms. The molecule has 1 saturated heterocycles. The molecule has 7 heteroatoms. The van der Waals surface area contributed by atoms with E-state index in [4.69, 9.17) is 9.15 Å². The standard InChI is InChI=1S/C14H11NO3.C6H11NO2/c1-15-8-2-4-10-11-5-3-9(16)7-13(11)18-14(17)12(10)6-8;8-4-1-7-2-5-9-6-3-7/h2-7,15-16H,1H3;4H,1-3,5-6H2. The molecule has 142 valence electrons. The summed E-state index contributed by atoms with van der Waals surface area (Å²) < 4.78 is 10.3. The average molecular weight is 370 g/mol. The third-order valence-electron chi connectivity index (χ3n) is 4.42. The molecule has 2 heterocycles. The molecular weight excluding hydrogens is 348 g/mol. The van der Waals surface area contributed by atoms with E-state index in [0.717, 1.165) is 49.0 Å². The molecule has 0 aliphatic carbocycles. The molecular formula is C20H22N2O5. The summed E-state index contributed by atoms with van der Waals surface area (Å²) in [5.41, 5.74) is 0.845. The molecule has 0 bridgehead atoms. The van der Waals surface area contributed by atoms with Crippen molar-refractivity contribution in [1.29, 1.82) is 0 Å². The largest absolute Gasteiger partial charge is 0.508 e. The lowest BCUT2D eigenvalue weighted by molar-refractivity contribution is -0.109. The van der Waals surface area contributed by atoms with Crippen molar-refractivity contribution in [2.24, 2.45) is 0 Å². The van der Waals surface area contributed by atoms with Gasteiger partial charge in [-0.25, -0.2) is 4.79 Å². The van der Waals surface area contributed by atoms with Crippen molar-refractivity contribution < 1.29 is 19.1 Å². The second-order valence-electron chi connectivity index (χ2n) is 6.16. The van der Waals surface area contributed by atoms with Gasteiger partial charge in [0.25, 0.3) is 0 Å². The number of aldehydes is 1. The van der Waals surface area contributed by atoms with Crippen molar-refractivity contribution in [3.8, 4) is 5.75 Å². The third kappa shape index (κ3) is 4.45. The Morgan fingerprint density at radius 2 is 1.85 bits per heavy atom. The molecule has 4 rings (SSSR count). The maximum Gasteiger partial charge on any atom is 0.344 e. The van der Waals surface area contributed by atoms with Crippen molar-refractivity contribution >= 4 is 33.7 Å². The van der Waals surface area contributed by atoms with Gasteiger partial charge in [0, 0.05) is 42.7 Å². The van der Waals surface area contributed by atoms with Crippen LogP contribution >= 0.6 is 0 Å². The summed E-state index contributed by atoms with van der Waals surface area (Å²) in [6, 6.07) is 10.3. The van der Waals surface area contributed by atoms with Crippen LogP contribution in [-0.4, -0.2) is 56.2 Å². The summed E-state index contributed by atoms with van der Waals surface area (Å²) in [5, 5.41) is 14.5. The average Bonchev–Trinajstić information content (AvgIpc) is 2.69. The van der Waals surface area contributed by atoms with Crippen LogP contribution in [0.3, 0.4) is 0 Å². The highest BCUT2D eigenvalue weighted by Crippen LogP contribution is 2.27.